The molecular weight excluding hydrogens is 310 g/mol. The van der Waals surface area contributed by atoms with E-state index < -0.39 is 0 Å². The number of hydrogen-bond acceptors (Lipinski definition) is 3. The van der Waals surface area contributed by atoms with Crippen LogP contribution in [0.3, 0.4) is 0 Å². The lowest BCUT2D eigenvalue weighted by atomic mass is 10.0. The number of amides is 1. The third kappa shape index (κ3) is 4.59. The Morgan fingerprint density at radius 3 is 2.48 bits per heavy atom. The zero-order chi connectivity index (χ0) is 17.6. The van der Waals surface area contributed by atoms with Crippen molar-refractivity contribution in [2.75, 3.05) is 45.8 Å². The van der Waals surface area contributed by atoms with Crippen molar-refractivity contribution in [1.29, 1.82) is 0 Å². The lowest BCUT2D eigenvalue weighted by molar-refractivity contribution is 0.0935. The highest BCUT2D eigenvalue weighted by Crippen LogP contribution is 2.18. The molecule has 1 amide bonds. The molecule has 0 radical (unpaired) electrons. The van der Waals surface area contributed by atoms with Crippen molar-refractivity contribution >= 4 is 16.7 Å². The fraction of sp³-hybridized carbons (Fsp3) is 0.476. The summed E-state index contributed by atoms with van der Waals surface area (Å²) in [5.74, 6) is 0.478. The molecule has 4 nitrogen and oxygen atoms in total. The molecule has 1 aliphatic heterocycles. The summed E-state index contributed by atoms with van der Waals surface area (Å²) in [7, 11) is 0. The molecule has 4 heteroatoms. The summed E-state index contributed by atoms with van der Waals surface area (Å²) >= 11 is 0. The minimum Gasteiger partial charge on any atom is -0.352 e. The Balaban J connectivity index is 1.52. The van der Waals surface area contributed by atoms with Crippen LogP contribution in [0.1, 0.15) is 24.2 Å². The first-order chi connectivity index (χ1) is 12.2. The van der Waals surface area contributed by atoms with Crippen LogP contribution in [0.15, 0.2) is 42.5 Å². The summed E-state index contributed by atoms with van der Waals surface area (Å²) < 4.78 is 0. The van der Waals surface area contributed by atoms with Crippen molar-refractivity contribution in [3.05, 3.63) is 48.0 Å². The molecule has 3 rings (SSSR count). The first kappa shape index (κ1) is 17.9. The summed E-state index contributed by atoms with van der Waals surface area (Å²) in [5, 5.41) is 5.25. The first-order valence-electron chi connectivity index (χ1n) is 9.38. The molecule has 0 saturated carbocycles. The van der Waals surface area contributed by atoms with Gasteiger partial charge in [-0.2, -0.15) is 0 Å². The largest absolute Gasteiger partial charge is 0.352 e. The predicted molar refractivity (Wildman–Crippen MR) is 104 cm³/mol. The van der Waals surface area contributed by atoms with Gasteiger partial charge in [-0.3, -0.25) is 4.79 Å². The molecular formula is C21H29N3O. The third-order valence-electron chi connectivity index (χ3n) is 5.13. The number of hydrogen-bond donors (Lipinski definition) is 1. The van der Waals surface area contributed by atoms with Crippen molar-refractivity contribution < 1.29 is 4.79 Å². The van der Waals surface area contributed by atoms with Gasteiger partial charge in [-0.25, -0.2) is 0 Å². The monoisotopic (exact) mass is 339 g/mol. The normalized spacial score (nSPS) is 17.5. The second-order valence-electron chi connectivity index (χ2n) is 7.08. The van der Waals surface area contributed by atoms with Gasteiger partial charge in [-0.15, -0.1) is 0 Å². The number of nitrogens with zero attached hydrogens (tertiary/aromatic N) is 2. The lowest BCUT2D eigenvalue weighted by Gasteiger charge is -2.35. The summed E-state index contributed by atoms with van der Waals surface area (Å²) in [4.78, 5) is 17.6. The average molecular weight is 339 g/mol. The SMILES string of the molecule is CCN1CCN(C[C@H](C)CNC(=O)c2cccc3ccccc23)CC1. The molecule has 1 saturated heterocycles. The third-order valence-corrected chi connectivity index (χ3v) is 5.13. The number of nitrogens with one attached hydrogen (secondary N) is 1. The predicted octanol–water partition coefficient (Wildman–Crippen LogP) is 2.84. The molecule has 1 fully saturated rings. The summed E-state index contributed by atoms with van der Waals surface area (Å²) in [6.07, 6.45) is 0. The van der Waals surface area contributed by atoms with E-state index in [0.29, 0.717) is 5.92 Å². The Labute approximate surface area is 150 Å². The second kappa shape index (κ2) is 8.45. The van der Waals surface area contributed by atoms with Gasteiger partial charge in [0.1, 0.15) is 0 Å². The molecule has 0 spiro atoms. The van der Waals surface area contributed by atoms with Crippen LogP contribution in [0, 0.1) is 5.92 Å². The highest BCUT2D eigenvalue weighted by atomic mass is 16.1. The van der Waals surface area contributed by atoms with E-state index in [1.807, 2.05) is 42.5 Å². The Kier molecular flexibility index (Phi) is 6.05. The van der Waals surface area contributed by atoms with Crippen molar-refractivity contribution in [3.8, 4) is 0 Å². The zero-order valence-corrected chi connectivity index (χ0v) is 15.4. The van der Waals surface area contributed by atoms with Gasteiger partial charge in [0.05, 0.1) is 0 Å². The van der Waals surface area contributed by atoms with E-state index in [2.05, 4.69) is 29.0 Å². The van der Waals surface area contributed by atoms with Gasteiger partial charge in [0.2, 0.25) is 0 Å². The van der Waals surface area contributed by atoms with E-state index in [1.165, 1.54) is 0 Å². The molecule has 2 aromatic rings. The highest BCUT2D eigenvalue weighted by Gasteiger charge is 2.18. The quantitative estimate of drug-likeness (QED) is 0.879. The Morgan fingerprint density at radius 1 is 1.04 bits per heavy atom. The molecule has 1 N–H and O–H groups in total. The first-order valence-corrected chi connectivity index (χ1v) is 9.38. The fourth-order valence-electron chi connectivity index (χ4n) is 3.58. The maximum absolute atomic E-state index is 12.6. The molecule has 134 valence electrons. The molecule has 0 unspecified atom stereocenters. The van der Waals surface area contributed by atoms with Gasteiger partial charge in [-0.1, -0.05) is 50.2 Å². The van der Waals surface area contributed by atoms with Crippen LogP contribution in [-0.2, 0) is 0 Å². The van der Waals surface area contributed by atoms with Crippen molar-refractivity contribution in [2.45, 2.75) is 13.8 Å². The highest BCUT2D eigenvalue weighted by molar-refractivity contribution is 6.06. The van der Waals surface area contributed by atoms with E-state index in [9.17, 15) is 4.79 Å². The van der Waals surface area contributed by atoms with E-state index in [0.717, 1.165) is 62.1 Å². The standard InChI is InChI=1S/C21H29N3O/c1-3-23-11-13-24(14-12-23)16-17(2)15-22-21(25)20-10-6-8-18-7-4-5-9-19(18)20/h4-10,17H,3,11-16H2,1-2H3,(H,22,25)/t17-/m1/s1. The molecule has 1 heterocycles. The smallest absolute Gasteiger partial charge is 0.251 e. The van der Waals surface area contributed by atoms with Crippen LogP contribution >= 0.6 is 0 Å². The van der Waals surface area contributed by atoms with Crippen molar-refractivity contribution in [2.24, 2.45) is 5.92 Å². The van der Waals surface area contributed by atoms with Gasteiger partial charge < -0.3 is 15.1 Å². The topological polar surface area (TPSA) is 35.6 Å². The second-order valence-corrected chi connectivity index (χ2v) is 7.08. The van der Waals surface area contributed by atoms with E-state index in [-0.39, 0.29) is 5.91 Å². The van der Waals surface area contributed by atoms with Crippen LogP contribution in [-0.4, -0.2) is 61.5 Å². The molecule has 0 bridgehead atoms. The van der Waals surface area contributed by atoms with Crippen molar-refractivity contribution in [3.63, 3.8) is 0 Å². The van der Waals surface area contributed by atoms with Crippen LogP contribution in [0.25, 0.3) is 10.8 Å². The van der Waals surface area contributed by atoms with Gasteiger partial charge >= 0.3 is 0 Å². The number of fused-ring (bicyclic) bond motifs is 1. The van der Waals surface area contributed by atoms with E-state index in [1.54, 1.807) is 0 Å². The number of benzene rings is 2. The minimum absolute atomic E-state index is 0.0273. The number of carbonyl (C=O) groups excluding carboxylic acids is 1. The van der Waals surface area contributed by atoms with Crippen molar-refractivity contribution in [1.82, 2.24) is 15.1 Å². The Hall–Kier alpha value is -1.91. The van der Waals surface area contributed by atoms with Gasteiger partial charge in [0, 0.05) is 44.8 Å². The fourth-order valence-corrected chi connectivity index (χ4v) is 3.58. The molecule has 2 aromatic carbocycles. The number of carbonyl (C=O) groups is 1. The zero-order valence-electron chi connectivity index (χ0n) is 15.4. The average Bonchev–Trinajstić information content (AvgIpc) is 2.66. The number of likely N-dealkylation sites (N-methyl/N-ethyl adjacent to an activating group) is 1. The Bertz CT molecular complexity index is 702. The maximum atomic E-state index is 12.6. The molecule has 1 aliphatic rings. The van der Waals surface area contributed by atoms with Gasteiger partial charge in [-0.05, 0) is 29.3 Å². The number of rotatable bonds is 6. The minimum atomic E-state index is 0.0273. The molecule has 0 aliphatic carbocycles. The van der Waals surface area contributed by atoms with Gasteiger partial charge in [0.15, 0.2) is 0 Å². The molecule has 1 atom stereocenters. The molecule has 0 aromatic heterocycles. The van der Waals surface area contributed by atoms with Crippen LogP contribution in [0.5, 0.6) is 0 Å². The summed E-state index contributed by atoms with van der Waals surface area (Å²) in [5.41, 5.74) is 0.766. The van der Waals surface area contributed by atoms with Crippen LogP contribution < -0.4 is 5.32 Å². The van der Waals surface area contributed by atoms with Crippen LogP contribution in [0.2, 0.25) is 0 Å². The summed E-state index contributed by atoms with van der Waals surface area (Å²) in [6, 6.07) is 14.0. The van der Waals surface area contributed by atoms with Gasteiger partial charge in [0.25, 0.3) is 5.91 Å². The number of piperazine rings is 1. The lowest BCUT2D eigenvalue weighted by Crippen LogP contribution is -2.48. The maximum Gasteiger partial charge on any atom is 0.251 e. The summed E-state index contributed by atoms with van der Waals surface area (Å²) in [6.45, 7) is 11.9. The van der Waals surface area contributed by atoms with E-state index in [4.69, 9.17) is 0 Å². The Morgan fingerprint density at radius 2 is 1.72 bits per heavy atom. The van der Waals surface area contributed by atoms with E-state index >= 15 is 0 Å². The van der Waals surface area contributed by atoms with Crippen LogP contribution in [0.4, 0.5) is 0 Å². The molecule has 25 heavy (non-hydrogen) atoms.